The summed E-state index contributed by atoms with van der Waals surface area (Å²) >= 11 is 0. The lowest BCUT2D eigenvalue weighted by Crippen LogP contribution is -2.29. The average molecular weight is 279 g/mol. The molecular weight excluding hydrogens is 254 g/mol. The fraction of sp³-hybridized carbons (Fsp3) is 0.769. The summed E-state index contributed by atoms with van der Waals surface area (Å²) in [5.74, 6) is 1.92. The Labute approximate surface area is 120 Å². The minimum atomic E-state index is 0.249. The van der Waals surface area contributed by atoms with Gasteiger partial charge in [0.2, 0.25) is 17.8 Å². The molecule has 0 saturated carbocycles. The Morgan fingerprint density at radius 3 is 2.60 bits per heavy atom. The predicted molar refractivity (Wildman–Crippen MR) is 81.9 cm³/mol. The van der Waals surface area contributed by atoms with Gasteiger partial charge in [0, 0.05) is 27.2 Å². The second kappa shape index (κ2) is 6.69. The number of nitrogen functional groups attached to an aromatic ring is 1. The molecule has 7 nitrogen and oxygen atoms in total. The molecule has 112 valence electrons. The van der Waals surface area contributed by atoms with Crippen LogP contribution in [-0.2, 0) is 0 Å². The molecular formula is C13H25N7. The fourth-order valence-corrected chi connectivity index (χ4v) is 2.40. The predicted octanol–water partition coefficient (Wildman–Crippen LogP) is 0.664. The summed E-state index contributed by atoms with van der Waals surface area (Å²) < 4.78 is 0. The van der Waals surface area contributed by atoms with Crippen LogP contribution in [0.1, 0.15) is 19.8 Å². The smallest absolute Gasteiger partial charge is 0.231 e. The Bertz CT molecular complexity index is 429. The second-order valence-corrected chi connectivity index (χ2v) is 5.71. The van der Waals surface area contributed by atoms with Gasteiger partial charge in [-0.2, -0.15) is 15.0 Å². The number of nitrogens with two attached hydrogens (primary N) is 1. The van der Waals surface area contributed by atoms with Gasteiger partial charge in [0.25, 0.3) is 0 Å². The van der Waals surface area contributed by atoms with Crippen LogP contribution >= 0.6 is 0 Å². The van der Waals surface area contributed by atoms with Crippen molar-refractivity contribution in [1.29, 1.82) is 0 Å². The Hall–Kier alpha value is -1.63. The highest BCUT2D eigenvalue weighted by atomic mass is 15.3. The van der Waals surface area contributed by atoms with Gasteiger partial charge in [-0.05, 0) is 31.8 Å². The quantitative estimate of drug-likeness (QED) is 0.791. The molecule has 0 aliphatic carbocycles. The first-order chi connectivity index (χ1) is 9.54. The molecule has 1 aromatic rings. The SMILES string of the molecule is CC(CNc1nc(N)nc(N(C)C)n1)CN1CCCC1. The molecule has 0 spiro atoms. The van der Waals surface area contributed by atoms with Crippen LogP contribution in [0.25, 0.3) is 0 Å². The summed E-state index contributed by atoms with van der Waals surface area (Å²) in [4.78, 5) is 16.9. The van der Waals surface area contributed by atoms with E-state index in [1.807, 2.05) is 19.0 Å². The molecule has 1 aromatic heterocycles. The normalized spacial score (nSPS) is 17.1. The molecule has 0 amide bonds. The van der Waals surface area contributed by atoms with Gasteiger partial charge in [-0.25, -0.2) is 0 Å². The zero-order chi connectivity index (χ0) is 14.5. The molecule has 20 heavy (non-hydrogen) atoms. The number of hydrogen-bond donors (Lipinski definition) is 2. The topological polar surface area (TPSA) is 83.2 Å². The van der Waals surface area contributed by atoms with Gasteiger partial charge in [0.05, 0.1) is 0 Å². The van der Waals surface area contributed by atoms with Gasteiger partial charge >= 0.3 is 0 Å². The molecule has 1 unspecified atom stereocenters. The highest BCUT2D eigenvalue weighted by molar-refractivity contribution is 5.40. The molecule has 1 aliphatic rings. The molecule has 1 aliphatic heterocycles. The molecule has 2 rings (SSSR count). The highest BCUT2D eigenvalue weighted by Gasteiger charge is 2.15. The van der Waals surface area contributed by atoms with E-state index in [1.54, 1.807) is 0 Å². The molecule has 7 heteroatoms. The van der Waals surface area contributed by atoms with Crippen molar-refractivity contribution in [3.63, 3.8) is 0 Å². The fourth-order valence-electron chi connectivity index (χ4n) is 2.40. The van der Waals surface area contributed by atoms with Crippen LogP contribution in [0.15, 0.2) is 0 Å². The summed E-state index contributed by atoms with van der Waals surface area (Å²) in [6, 6.07) is 0. The zero-order valence-electron chi connectivity index (χ0n) is 12.6. The van der Waals surface area contributed by atoms with E-state index in [0.717, 1.165) is 13.1 Å². The maximum Gasteiger partial charge on any atom is 0.231 e. The van der Waals surface area contributed by atoms with Crippen LogP contribution in [0, 0.1) is 5.92 Å². The molecule has 1 atom stereocenters. The number of aromatic nitrogens is 3. The maximum absolute atomic E-state index is 5.70. The minimum Gasteiger partial charge on any atom is -0.368 e. The first-order valence-electron chi connectivity index (χ1n) is 7.19. The summed E-state index contributed by atoms with van der Waals surface area (Å²) in [5.41, 5.74) is 5.70. The van der Waals surface area contributed by atoms with Crippen molar-refractivity contribution in [3.8, 4) is 0 Å². The average Bonchev–Trinajstić information content (AvgIpc) is 2.88. The van der Waals surface area contributed by atoms with Crippen LogP contribution in [0.5, 0.6) is 0 Å². The molecule has 0 aromatic carbocycles. The third kappa shape index (κ3) is 4.19. The maximum atomic E-state index is 5.70. The van der Waals surface area contributed by atoms with Gasteiger partial charge in [0.15, 0.2) is 0 Å². The van der Waals surface area contributed by atoms with Crippen molar-refractivity contribution >= 4 is 17.8 Å². The number of nitrogens with zero attached hydrogens (tertiary/aromatic N) is 5. The summed E-state index contributed by atoms with van der Waals surface area (Å²) in [6.45, 7) is 6.66. The lowest BCUT2D eigenvalue weighted by atomic mass is 10.1. The monoisotopic (exact) mass is 279 g/mol. The number of anilines is 3. The minimum absolute atomic E-state index is 0.249. The van der Waals surface area contributed by atoms with Gasteiger partial charge in [0.1, 0.15) is 0 Å². The Morgan fingerprint density at radius 2 is 1.95 bits per heavy atom. The highest BCUT2D eigenvalue weighted by Crippen LogP contribution is 2.12. The number of likely N-dealkylation sites (tertiary alicyclic amines) is 1. The largest absolute Gasteiger partial charge is 0.368 e. The van der Waals surface area contributed by atoms with Crippen molar-refractivity contribution in [3.05, 3.63) is 0 Å². The second-order valence-electron chi connectivity index (χ2n) is 5.71. The van der Waals surface area contributed by atoms with E-state index >= 15 is 0 Å². The van der Waals surface area contributed by atoms with E-state index in [1.165, 1.54) is 25.9 Å². The van der Waals surface area contributed by atoms with Crippen molar-refractivity contribution < 1.29 is 0 Å². The number of rotatable bonds is 6. The van der Waals surface area contributed by atoms with Gasteiger partial charge in [-0.1, -0.05) is 6.92 Å². The van der Waals surface area contributed by atoms with E-state index in [9.17, 15) is 0 Å². The third-order valence-electron chi connectivity index (χ3n) is 3.42. The lowest BCUT2D eigenvalue weighted by Gasteiger charge is -2.20. The van der Waals surface area contributed by atoms with E-state index in [0.29, 0.717) is 17.8 Å². The molecule has 3 N–H and O–H groups in total. The number of nitrogens with one attached hydrogen (secondary N) is 1. The van der Waals surface area contributed by atoms with Crippen molar-refractivity contribution in [1.82, 2.24) is 19.9 Å². The van der Waals surface area contributed by atoms with E-state index < -0.39 is 0 Å². The molecule has 0 bridgehead atoms. The summed E-state index contributed by atoms with van der Waals surface area (Å²) in [7, 11) is 3.77. The van der Waals surface area contributed by atoms with E-state index in [-0.39, 0.29) is 5.95 Å². The first kappa shape index (κ1) is 14.8. The lowest BCUT2D eigenvalue weighted by molar-refractivity contribution is 0.294. The Morgan fingerprint density at radius 1 is 1.25 bits per heavy atom. The van der Waals surface area contributed by atoms with Crippen LogP contribution in [0.2, 0.25) is 0 Å². The van der Waals surface area contributed by atoms with E-state index in [2.05, 4.69) is 32.1 Å². The number of hydrogen-bond acceptors (Lipinski definition) is 7. The molecule has 1 saturated heterocycles. The Kier molecular flexibility index (Phi) is 4.94. The van der Waals surface area contributed by atoms with Crippen molar-refractivity contribution in [2.24, 2.45) is 5.92 Å². The molecule has 2 heterocycles. The summed E-state index contributed by atoms with van der Waals surface area (Å²) in [6.07, 6.45) is 2.66. The standard InChI is InChI=1S/C13H25N7/c1-10(9-20-6-4-5-7-20)8-15-12-16-11(14)17-13(18-12)19(2)3/h10H,4-9H2,1-3H3,(H3,14,15,16,17,18). The van der Waals surface area contributed by atoms with Crippen molar-refractivity contribution in [2.45, 2.75) is 19.8 Å². The van der Waals surface area contributed by atoms with Gasteiger partial charge < -0.3 is 20.9 Å². The zero-order valence-corrected chi connectivity index (χ0v) is 12.6. The Balaban J connectivity index is 1.86. The van der Waals surface area contributed by atoms with Crippen LogP contribution in [-0.4, -0.2) is 60.1 Å². The van der Waals surface area contributed by atoms with Crippen molar-refractivity contribution in [2.75, 3.05) is 56.2 Å². The first-order valence-corrected chi connectivity index (χ1v) is 7.19. The summed E-state index contributed by atoms with van der Waals surface area (Å²) in [5, 5.41) is 3.26. The van der Waals surface area contributed by atoms with Gasteiger partial charge in [-0.15, -0.1) is 0 Å². The van der Waals surface area contributed by atoms with E-state index in [4.69, 9.17) is 5.73 Å². The van der Waals surface area contributed by atoms with Crippen LogP contribution < -0.4 is 16.0 Å². The van der Waals surface area contributed by atoms with Crippen LogP contribution in [0.3, 0.4) is 0 Å². The van der Waals surface area contributed by atoms with Crippen LogP contribution in [0.4, 0.5) is 17.8 Å². The molecule has 1 fully saturated rings. The van der Waals surface area contributed by atoms with Gasteiger partial charge in [-0.3, -0.25) is 0 Å². The third-order valence-corrected chi connectivity index (χ3v) is 3.42. The molecule has 0 radical (unpaired) electrons.